The minimum Gasteiger partial charge on any atom is -0.494 e. The predicted octanol–water partition coefficient (Wildman–Crippen LogP) is 2.09. The molecule has 118 valence electrons. The molecule has 0 saturated carbocycles. The Balaban J connectivity index is 1.57. The number of para-hydroxylation sites is 1. The number of fused-ring (bicyclic) bond motifs is 1. The molecule has 0 unspecified atom stereocenters. The van der Waals surface area contributed by atoms with E-state index in [2.05, 4.69) is 0 Å². The van der Waals surface area contributed by atoms with E-state index in [0.717, 1.165) is 5.75 Å². The van der Waals surface area contributed by atoms with Crippen LogP contribution in [-0.2, 0) is 11.3 Å². The van der Waals surface area contributed by atoms with E-state index >= 15 is 0 Å². The van der Waals surface area contributed by atoms with Crippen LogP contribution in [0.4, 0.5) is 4.39 Å². The summed E-state index contributed by atoms with van der Waals surface area (Å²) in [7, 11) is -1.08. The topological polar surface area (TPSA) is 55.8 Å². The first-order valence-corrected chi connectivity index (χ1v) is 7.48. The Labute approximate surface area is 134 Å². The summed E-state index contributed by atoms with van der Waals surface area (Å²) in [6.45, 7) is 0.543. The van der Waals surface area contributed by atoms with E-state index in [9.17, 15) is 14.2 Å². The average molecular weight is 314 g/mol. The molecule has 0 aliphatic carbocycles. The highest BCUT2D eigenvalue weighted by molar-refractivity contribution is 6.61. The summed E-state index contributed by atoms with van der Waals surface area (Å²) in [6, 6.07) is 12.0. The van der Waals surface area contributed by atoms with Gasteiger partial charge in [0.1, 0.15) is 11.6 Å². The fourth-order valence-electron chi connectivity index (χ4n) is 2.53. The number of ether oxygens (including phenoxy) is 1. The van der Waals surface area contributed by atoms with E-state index in [1.54, 1.807) is 0 Å². The molecule has 2 aromatic carbocycles. The van der Waals surface area contributed by atoms with Crippen LogP contribution in [0.1, 0.15) is 28.8 Å². The first kappa shape index (κ1) is 15.7. The van der Waals surface area contributed by atoms with Gasteiger partial charge in [-0.3, -0.25) is 4.79 Å². The summed E-state index contributed by atoms with van der Waals surface area (Å²) in [5.74, 6) is -0.138. The van der Waals surface area contributed by atoms with E-state index in [1.807, 2.05) is 30.3 Å². The van der Waals surface area contributed by atoms with Gasteiger partial charge in [0.2, 0.25) is 0 Å². The molecular weight excluding hydrogens is 298 g/mol. The average Bonchev–Trinajstić information content (AvgIpc) is 2.92. The Kier molecular flexibility index (Phi) is 4.74. The highest BCUT2D eigenvalue weighted by atomic mass is 19.1. The fourth-order valence-corrected chi connectivity index (χ4v) is 2.53. The van der Waals surface area contributed by atoms with Crippen LogP contribution in [0.25, 0.3) is 0 Å². The molecule has 0 spiro atoms. The van der Waals surface area contributed by atoms with Gasteiger partial charge in [0, 0.05) is 6.42 Å². The molecule has 1 aliphatic heterocycles. The van der Waals surface area contributed by atoms with Gasteiger partial charge in [0.25, 0.3) is 0 Å². The van der Waals surface area contributed by atoms with Crippen molar-refractivity contribution in [2.75, 3.05) is 6.61 Å². The molecule has 0 saturated heterocycles. The Morgan fingerprint density at radius 3 is 2.87 bits per heavy atom. The number of benzene rings is 2. The summed E-state index contributed by atoms with van der Waals surface area (Å²) >= 11 is 0. The van der Waals surface area contributed by atoms with Crippen LogP contribution < -0.4 is 10.2 Å². The second-order valence-electron chi connectivity index (χ2n) is 5.38. The Bertz CT molecular complexity index is 705. The quantitative estimate of drug-likeness (QED) is 0.504. The van der Waals surface area contributed by atoms with Gasteiger partial charge in [-0.25, -0.2) is 4.39 Å². The second-order valence-corrected chi connectivity index (χ2v) is 5.38. The van der Waals surface area contributed by atoms with E-state index in [4.69, 9.17) is 9.39 Å². The molecule has 2 aromatic rings. The largest absolute Gasteiger partial charge is 0.494 e. The van der Waals surface area contributed by atoms with Gasteiger partial charge in [0.15, 0.2) is 5.78 Å². The lowest BCUT2D eigenvalue weighted by molar-refractivity contribution is 0.0969. The van der Waals surface area contributed by atoms with Crippen LogP contribution in [-0.4, -0.2) is 24.5 Å². The lowest BCUT2D eigenvalue weighted by Crippen LogP contribution is -2.29. The summed E-state index contributed by atoms with van der Waals surface area (Å²) in [6.07, 6.45) is 0.669. The van der Waals surface area contributed by atoms with E-state index in [-0.39, 0.29) is 24.4 Å². The molecule has 1 heterocycles. The van der Waals surface area contributed by atoms with E-state index < -0.39 is 12.9 Å². The number of carbonyl (C=O) groups excluding carboxylic acids is 1. The molecule has 23 heavy (non-hydrogen) atoms. The molecule has 1 N–H and O–H groups in total. The Hall–Kier alpha value is -2.18. The lowest BCUT2D eigenvalue weighted by Gasteiger charge is -2.07. The van der Waals surface area contributed by atoms with Gasteiger partial charge in [-0.05, 0) is 41.7 Å². The predicted molar refractivity (Wildman–Crippen MR) is 84.3 cm³/mol. The summed E-state index contributed by atoms with van der Waals surface area (Å²) in [5.41, 5.74) is 1.04. The maximum absolute atomic E-state index is 14.0. The number of hydrogen-bond donors (Lipinski definition) is 1. The van der Waals surface area contributed by atoms with Crippen LogP contribution in [0, 0.1) is 5.82 Å². The number of carbonyl (C=O) groups is 1. The van der Waals surface area contributed by atoms with Crippen molar-refractivity contribution in [3.8, 4) is 5.75 Å². The van der Waals surface area contributed by atoms with Crippen molar-refractivity contribution >= 4 is 18.4 Å². The smallest absolute Gasteiger partial charge is 0.491 e. The highest BCUT2D eigenvalue weighted by Crippen LogP contribution is 2.17. The monoisotopic (exact) mass is 314 g/mol. The highest BCUT2D eigenvalue weighted by Gasteiger charge is 2.29. The fraction of sp³-hybridized carbons (Fsp3) is 0.235. The number of ketones is 1. The third kappa shape index (κ3) is 3.60. The van der Waals surface area contributed by atoms with Crippen molar-refractivity contribution < 1.29 is 23.6 Å². The van der Waals surface area contributed by atoms with Crippen LogP contribution in [0.5, 0.6) is 5.75 Å². The van der Waals surface area contributed by atoms with Gasteiger partial charge in [-0.2, -0.15) is 0 Å². The maximum Gasteiger partial charge on any atom is 0.491 e. The molecule has 0 radical (unpaired) electrons. The summed E-state index contributed by atoms with van der Waals surface area (Å²) in [5, 5.41) is 9.64. The normalized spacial score (nSPS) is 13.0. The molecule has 0 bridgehead atoms. The van der Waals surface area contributed by atoms with Gasteiger partial charge in [-0.1, -0.05) is 18.2 Å². The molecule has 3 rings (SSSR count). The molecule has 0 aromatic heterocycles. The minimum absolute atomic E-state index is 0.00647. The van der Waals surface area contributed by atoms with Crippen LogP contribution in [0.2, 0.25) is 0 Å². The van der Waals surface area contributed by atoms with E-state index in [0.29, 0.717) is 24.1 Å². The number of Topliss-reactive ketones (excluding diaryl/α,β-unsaturated/α-hetero) is 1. The third-order valence-corrected chi connectivity index (χ3v) is 3.75. The van der Waals surface area contributed by atoms with Gasteiger partial charge < -0.3 is 14.4 Å². The van der Waals surface area contributed by atoms with Crippen molar-refractivity contribution in [1.82, 2.24) is 0 Å². The van der Waals surface area contributed by atoms with Gasteiger partial charge in [0.05, 0.1) is 18.8 Å². The summed E-state index contributed by atoms with van der Waals surface area (Å²) < 4.78 is 24.5. The van der Waals surface area contributed by atoms with Crippen LogP contribution >= 0.6 is 0 Å². The minimum atomic E-state index is -1.08. The van der Waals surface area contributed by atoms with Gasteiger partial charge in [-0.15, -0.1) is 0 Å². The van der Waals surface area contributed by atoms with Gasteiger partial charge >= 0.3 is 7.12 Å². The number of rotatable bonds is 6. The standard InChI is InChI=1S/C17H16BFO4/c19-16-9-12-11-23-18(21)15(12)10-14(16)17(20)7-4-8-22-13-5-2-1-3-6-13/h1-3,5-6,9-10,21H,4,7-8,11H2. The van der Waals surface area contributed by atoms with Crippen molar-refractivity contribution in [2.45, 2.75) is 19.4 Å². The molecule has 0 fully saturated rings. The first-order chi connectivity index (χ1) is 11.1. The van der Waals surface area contributed by atoms with Crippen LogP contribution in [0.15, 0.2) is 42.5 Å². The number of hydrogen-bond acceptors (Lipinski definition) is 4. The maximum atomic E-state index is 14.0. The SMILES string of the molecule is O=C(CCCOc1ccccc1)c1cc2c(cc1F)COB2O. The van der Waals surface area contributed by atoms with Crippen molar-refractivity contribution in [3.05, 3.63) is 59.4 Å². The number of halogens is 1. The van der Waals surface area contributed by atoms with Crippen molar-refractivity contribution in [3.63, 3.8) is 0 Å². The molecule has 6 heteroatoms. The van der Waals surface area contributed by atoms with Crippen LogP contribution in [0.3, 0.4) is 0 Å². The van der Waals surface area contributed by atoms with Crippen molar-refractivity contribution in [1.29, 1.82) is 0 Å². The lowest BCUT2D eigenvalue weighted by atomic mass is 9.78. The first-order valence-electron chi connectivity index (χ1n) is 7.48. The zero-order chi connectivity index (χ0) is 16.2. The molecular formula is C17H16BFO4. The zero-order valence-corrected chi connectivity index (χ0v) is 12.5. The molecule has 4 nitrogen and oxygen atoms in total. The second kappa shape index (κ2) is 6.94. The Morgan fingerprint density at radius 1 is 1.30 bits per heavy atom. The zero-order valence-electron chi connectivity index (χ0n) is 12.5. The van der Waals surface area contributed by atoms with E-state index in [1.165, 1.54) is 12.1 Å². The van der Waals surface area contributed by atoms with Crippen molar-refractivity contribution in [2.24, 2.45) is 0 Å². The summed E-state index contributed by atoms with van der Waals surface area (Å²) in [4.78, 5) is 12.2. The molecule has 0 atom stereocenters. The third-order valence-electron chi connectivity index (χ3n) is 3.75. The molecule has 0 amide bonds. The Morgan fingerprint density at radius 2 is 2.09 bits per heavy atom. The molecule has 1 aliphatic rings.